The van der Waals surface area contributed by atoms with Crippen molar-refractivity contribution in [2.24, 2.45) is 0 Å². The maximum Gasteiger partial charge on any atom is 0.132 e. The molecule has 0 saturated heterocycles. The fraction of sp³-hybridized carbons (Fsp3) is 0.500. The third-order valence-corrected chi connectivity index (χ3v) is 2.43. The first-order valence-electron chi connectivity index (χ1n) is 5.16. The van der Waals surface area contributed by atoms with Crippen molar-refractivity contribution in [2.45, 2.75) is 39.5 Å². The number of benzene rings is 1. The highest BCUT2D eigenvalue weighted by Crippen LogP contribution is 2.19. The summed E-state index contributed by atoms with van der Waals surface area (Å²) < 4.78 is 26.9. The third-order valence-electron chi connectivity index (χ3n) is 2.43. The molecule has 1 rings (SSSR count). The molecule has 0 saturated carbocycles. The maximum absolute atomic E-state index is 13.6. The topological polar surface area (TPSA) is 0 Å². The summed E-state index contributed by atoms with van der Waals surface area (Å²) >= 11 is 0. The first-order valence-corrected chi connectivity index (χ1v) is 5.16. The van der Waals surface area contributed by atoms with Gasteiger partial charge < -0.3 is 0 Å². The minimum Gasteiger partial charge on any atom is -0.207 e. The molecule has 0 fully saturated rings. The Kier molecular flexibility index (Phi) is 4.05. The van der Waals surface area contributed by atoms with Gasteiger partial charge in [0.1, 0.15) is 11.6 Å². The van der Waals surface area contributed by atoms with Crippen molar-refractivity contribution in [3.63, 3.8) is 0 Å². The zero-order valence-corrected chi connectivity index (χ0v) is 8.74. The van der Waals surface area contributed by atoms with Gasteiger partial charge in [-0.1, -0.05) is 26.3 Å². The van der Waals surface area contributed by atoms with E-state index in [0.717, 1.165) is 12.8 Å². The highest BCUT2D eigenvalue weighted by Gasteiger charge is 2.11. The van der Waals surface area contributed by atoms with Crippen molar-refractivity contribution >= 4 is 0 Å². The number of halogens is 2. The van der Waals surface area contributed by atoms with Crippen LogP contribution in [0.15, 0.2) is 12.1 Å². The van der Waals surface area contributed by atoms with E-state index in [1.165, 1.54) is 12.1 Å². The van der Waals surface area contributed by atoms with E-state index >= 15 is 0 Å². The molecule has 0 aromatic heterocycles. The van der Waals surface area contributed by atoms with Gasteiger partial charge >= 0.3 is 0 Å². The lowest BCUT2D eigenvalue weighted by Gasteiger charge is -2.07. The second-order valence-electron chi connectivity index (χ2n) is 3.46. The Bertz CT molecular complexity index is 305. The van der Waals surface area contributed by atoms with Crippen LogP contribution < -0.4 is 0 Å². The molecule has 0 spiro atoms. The average Bonchev–Trinajstić information content (AvgIpc) is 2.18. The second-order valence-corrected chi connectivity index (χ2v) is 3.46. The van der Waals surface area contributed by atoms with Crippen LogP contribution in [0.25, 0.3) is 0 Å². The Morgan fingerprint density at radius 2 is 1.86 bits per heavy atom. The normalized spacial score (nSPS) is 10.6. The fourth-order valence-electron chi connectivity index (χ4n) is 1.50. The maximum atomic E-state index is 13.6. The summed E-state index contributed by atoms with van der Waals surface area (Å²) in [5.74, 6) is -0.755. The Morgan fingerprint density at radius 3 is 2.43 bits per heavy atom. The molecule has 0 atom stereocenters. The Labute approximate surface area is 84.0 Å². The summed E-state index contributed by atoms with van der Waals surface area (Å²) in [4.78, 5) is 0. The molecule has 0 bridgehead atoms. The molecule has 0 aliphatic carbocycles. The van der Waals surface area contributed by atoms with E-state index < -0.39 is 5.82 Å². The Morgan fingerprint density at radius 1 is 1.14 bits per heavy atom. The van der Waals surface area contributed by atoms with Crippen LogP contribution in [0.2, 0.25) is 0 Å². The highest BCUT2D eigenvalue weighted by atomic mass is 19.1. The summed E-state index contributed by atoms with van der Waals surface area (Å²) in [6.45, 7) is 3.89. The van der Waals surface area contributed by atoms with Gasteiger partial charge in [0.15, 0.2) is 0 Å². The average molecular weight is 198 g/mol. The molecule has 2 heteroatoms. The van der Waals surface area contributed by atoms with Crippen molar-refractivity contribution in [3.8, 4) is 0 Å². The van der Waals surface area contributed by atoms with Crippen molar-refractivity contribution in [1.29, 1.82) is 0 Å². The van der Waals surface area contributed by atoms with E-state index in [1.54, 1.807) is 0 Å². The van der Waals surface area contributed by atoms with Crippen molar-refractivity contribution in [2.75, 3.05) is 0 Å². The van der Waals surface area contributed by atoms with Gasteiger partial charge in [-0.25, -0.2) is 8.78 Å². The van der Waals surface area contributed by atoms with Crippen LogP contribution in [0, 0.1) is 11.6 Å². The molecule has 1 aromatic rings. The minimum atomic E-state index is -0.409. The number of rotatable bonds is 4. The van der Waals surface area contributed by atoms with Gasteiger partial charge in [-0.15, -0.1) is 0 Å². The predicted octanol–water partition coefficient (Wildman–Crippen LogP) is 3.87. The van der Waals surface area contributed by atoms with Crippen molar-refractivity contribution < 1.29 is 8.78 Å². The number of hydrogen-bond donors (Lipinski definition) is 0. The van der Waals surface area contributed by atoms with Crippen LogP contribution in [0.5, 0.6) is 0 Å². The van der Waals surface area contributed by atoms with E-state index in [4.69, 9.17) is 0 Å². The number of hydrogen-bond acceptors (Lipinski definition) is 0. The van der Waals surface area contributed by atoms with Crippen LogP contribution in [0.1, 0.15) is 37.8 Å². The zero-order valence-electron chi connectivity index (χ0n) is 8.74. The van der Waals surface area contributed by atoms with E-state index in [9.17, 15) is 8.78 Å². The summed E-state index contributed by atoms with van der Waals surface area (Å²) in [5, 5.41) is 0. The Balaban J connectivity index is 2.99. The molecule has 14 heavy (non-hydrogen) atoms. The lowest BCUT2D eigenvalue weighted by molar-refractivity contribution is 0.540. The molecule has 0 amide bonds. The molecule has 0 unspecified atom stereocenters. The van der Waals surface area contributed by atoms with Crippen LogP contribution in [-0.2, 0) is 12.8 Å². The number of aryl methyl sites for hydroxylation is 1. The van der Waals surface area contributed by atoms with Crippen molar-refractivity contribution in [3.05, 3.63) is 34.9 Å². The quantitative estimate of drug-likeness (QED) is 0.689. The third kappa shape index (κ3) is 2.31. The minimum absolute atomic E-state index is 0.256. The summed E-state index contributed by atoms with van der Waals surface area (Å²) in [6.07, 6.45) is 2.91. The smallest absolute Gasteiger partial charge is 0.132 e. The van der Waals surface area contributed by atoms with Gasteiger partial charge in [0, 0.05) is 5.56 Å². The van der Waals surface area contributed by atoms with Gasteiger partial charge in [0.2, 0.25) is 0 Å². The SMILES string of the molecule is CCCCc1c(F)ccc(CC)c1F. The standard InChI is InChI=1S/C12H16F2/c1-3-5-6-10-11(13)8-7-9(4-2)12(10)14/h7-8H,3-6H2,1-2H3. The molecule has 0 N–H and O–H groups in total. The summed E-state index contributed by atoms with van der Waals surface area (Å²) in [6, 6.07) is 2.90. The van der Waals surface area contributed by atoms with Crippen LogP contribution in [-0.4, -0.2) is 0 Å². The lowest BCUT2D eigenvalue weighted by atomic mass is 10.0. The van der Waals surface area contributed by atoms with Gasteiger partial charge in [0.05, 0.1) is 0 Å². The fourth-order valence-corrected chi connectivity index (χ4v) is 1.50. The van der Waals surface area contributed by atoms with E-state index in [-0.39, 0.29) is 11.4 Å². The molecule has 0 aliphatic heterocycles. The highest BCUT2D eigenvalue weighted by molar-refractivity contribution is 5.27. The van der Waals surface area contributed by atoms with Gasteiger partial charge in [0.25, 0.3) is 0 Å². The summed E-state index contributed by atoms with van der Waals surface area (Å²) in [5.41, 5.74) is 0.865. The van der Waals surface area contributed by atoms with E-state index in [2.05, 4.69) is 0 Å². The Hall–Kier alpha value is -0.920. The molecule has 0 heterocycles. The van der Waals surface area contributed by atoms with Crippen LogP contribution in [0.4, 0.5) is 8.78 Å². The second kappa shape index (κ2) is 5.08. The van der Waals surface area contributed by atoms with Crippen LogP contribution in [0.3, 0.4) is 0 Å². The first-order chi connectivity index (χ1) is 6.70. The van der Waals surface area contributed by atoms with E-state index in [0.29, 0.717) is 18.4 Å². The first kappa shape index (κ1) is 11.2. The summed E-state index contributed by atoms with van der Waals surface area (Å²) in [7, 11) is 0. The zero-order chi connectivity index (χ0) is 10.6. The molecule has 1 aromatic carbocycles. The molecule has 78 valence electrons. The monoisotopic (exact) mass is 198 g/mol. The van der Waals surface area contributed by atoms with Gasteiger partial charge in [-0.2, -0.15) is 0 Å². The number of unbranched alkanes of at least 4 members (excludes halogenated alkanes) is 1. The molecule has 0 nitrogen and oxygen atoms in total. The molecule has 0 aliphatic rings. The molecular weight excluding hydrogens is 182 g/mol. The van der Waals surface area contributed by atoms with Gasteiger partial charge in [-0.05, 0) is 30.9 Å². The largest absolute Gasteiger partial charge is 0.207 e. The molecular formula is C12H16F2. The van der Waals surface area contributed by atoms with Crippen molar-refractivity contribution in [1.82, 2.24) is 0 Å². The lowest BCUT2D eigenvalue weighted by Crippen LogP contribution is -2.00. The van der Waals surface area contributed by atoms with Crippen LogP contribution >= 0.6 is 0 Å². The van der Waals surface area contributed by atoms with Gasteiger partial charge in [-0.3, -0.25) is 0 Å². The predicted molar refractivity (Wildman–Crippen MR) is 54.3 cm³/mol. The van der Waals surface area contributed by atoms with E-state index in [1.807, 2.05) is 13.8 Å². The molecule has 0 radical (unpaired) electrons.